The van der Waals surface area contributed by atoms with Gasteiger partial charge in [0.25, 0.3) is 0 Å². The molecule has 33 heavy (non-hydrogen) atoms. The lowest BCUT2D eigenvalue weighted by Gasteiger charge is -2.18. The van der Waals surface area contributed by atoms with E-state index in [0.29, 0.717) is 41.3 Å². The van der Waals surface area contributed by atoms with Crippen molar-refractivity contribution in [1.82, 2.24) is 0 Å². The molecule has 3 aromatic rings. The van der Waals surface area contributed by atoms with Crippen molar-refractivity contribution < 1.29 is 14.3 Å². The van der Waals surface area contributed by atoms with Gasteiger partial charge < -0.3 is 20.5 Å². The number of carbonyl (C=O) groups is 1. The van der Waals surface area contributed by atoms with Crippen molar-refractivity contribution in [2.75, 3.05) is 18.2 Å². The van der Waals surface area contributed by atoms with Crippen molar-refractivity contribution in [3.8, 4) is 23.6 Å². The van der Waals surface area contributed by atoms with E-state index in [9.17, 15) is 4.79 Å². The topological polar surface area (TPSA) is 121 Å². The molecule has 3 N–H and O–H groups in total. The predicted octanol–water partition coefficient (Wildman–Crippen LogP) is 5.54. The third-order valence-corrected chi connectivity index (χ3v) is 5.11. The summed E-state index contributed by atoms with van der Waals surface area (Å²) in [4.78, 5) is 12.4. The summed E-state index contributed by atoms with van der Waals surface area (Å²) in [5.41, 5.74) is 11.4. The Morgan fingerprint density at radius 1 is 1.06 bits per heavy atom. The molecule has 7 nitrogen and oxygen atoms in total. The number of nitrogens with zero attached hydrogens (tertiary/aromatic N) is 2. The number of nitrogens with one attached hydrogen (secondary N) is 1. The largest absolute Gasteiger partial charge is 0.465 e. The van der Waals surface area contributed by atoms with Crippen molar-refractivity contribution in [3.05, 3.63) is 76.3 Å². The van der Waals surface area contributed by atoms with Gasteiger partial charge in [-0.1, -0.05) is 12.1 Å². The van der Waals surface area contributed by atoms with Crippen LogP contribution in [-0.2, 0) is 11.2 Å². The van der Waals surface area contributed by atoms with Crippen LogP contribution in [0, 0.1) is 36.5 Å². The molecule has 0 amide bonds. The van der Waals surface area contributed by atoms with Crippen LogP contribution in [0.1, 0.15) is 39.0 Å². The van der Waals surface area contributed by atoms with Gasteiger partial charge in [-0.25, -0.2) is 4.79 Å². The highest BCUT2D eigenvalue weighted by Gasteiger charge is 2.19. The lowest BCUT2D eigenvalue weighted by molar-refractivity contribution is 0.0598. The van der Waals surface area contributed by atoms with E-state index in [1.807, 2.05) is 26.0 Å². The summed E-state index contributed by atoms with van der Waals surface area (Å²) in [6.07, 6.45) is 1.10. The van der Waals surface area contributed by atoms with Gasteiger partial charge >= 0.3 is 5.97 Å². The maximum absolute atomic E-state index is 12.4. The Morgan fingerprint density at radius 2 is 1.73 bits per heavy atom. The number of anilines is 3. The minimum atomic E-state index is -0.567. The number of ether oxygens (including phenoxy) is 2. The fourth-order valence-corrected chi connectivity index (χ4v) is 3.50. The standard InChI is InChI=1S/C26H24N4O3/c1-16-11-19(5-4-10-27)12-17(2)25(16)33-24-14-23(22(29)13-21(24)26(31)32-3)30-20-8-6-18(15-28)7-9-20/h6-9,11-14,30H,4-5,29H2,1-3H3. The molecule has 0 aliphatic heterocycles. The number of carbonyl (C=O) groups excluding carboxylic acids is 1. The summed E-state index contributed by atoms with van der Waals surface area (Å²) in [5.74, 6) is 0.348. The van der Waals surface area contributed by atoms with Gasteiger partial charge in [0, 0.05) is 18.2 Å². The molecule has 0 unspecified atom stereocenters. The second kappa shape index (κ2) is 10.2. The van der Waals surface area contributed by atoms with Gasteiger partial charge in [0.2, 0.25) is 0 Å². The first-order chi connectivity index (χ1) is 15.9. The Balaban J connectivity index is 2.00. The van der Waals surface area contributed by atoms with Crippen LogP contribution in [0.2, 0.25) is 0 Å². The Kier molecular flexibility index (Phi) is 7.17. The highest BCUT2D eigenvalue weighted by atomic mass is 16.5. The van der Waals surface area contributed by atoms with Crippen LogP contribution in [0.3, 0.4) is 0 Å². The van der Waals surface area contributed by atoms with Gasteiger partial charge in [-0.05, 0) is 67.3 Å². The molecule has 166 valence electrons. The van der Waals surface area contributed by atoms with Crippen molar-refractivity contribution in [2.24, 2.45) is 0 Å². The zero-order chi connectivity index (χ0) is 24.0. The molecule has 0 spiro atoms. The Labute approximate surface area is 193 Å². The molecule has 0 radical (unpaired) electrons. The molecular weight excluding hydrogens is 416 g/mol. The normalized spacial score (nSPS) is 10.1. The van der Waals surface area contributed by atoms with Crippen molar-refractivity contribution in [2.45, 2.75) is 26.7 Å². The third-order valence-electron chi connectivity index (χ3n) is 5.11. The first-order valence-electron chi connectivity index (χ1n) is 10.3. The smallest absolute Gasteiger partial charge is 0.341 e. The van der Waals surface area contributed by atoms with E-state index in [2.05, 4.69) is 17.5 Å². The first kappa shape index (κ1) is 23.2. The Morgan fingerprint density at radius 3 is 2.30 bits per heavy atom. The lowest BCUT2D eigenvalue weighted by Crippen LogP contribution is -2.07. The number of hydrogen-bond donors (Lipinski definition) is 2. The monoisotopic (exact) mass is 440 g/mol. The summed E-state index contributed by atoms with van der Waals surface area (Å²) >= 11 is 0. The zero-order valence-corrected chi connectivity index (χ0v) is 18.7. The lowest BCUT2D eigenvalue weighted by atomic mass is 10.0. The minimum Gasteiger partial charge on any atom is -0.465 e. The van der Waals surface area contributed by atoms with Crippen LogP contribution in [0.25, 0.3) is 0 Å². The van der Waals surface area contributed by atoms with Crippen LogP contribution in [-0.4, -0.2) is 13.1 Å². The molecule has 0 fully saturated rings. The van der Waals surface area contributed by atoms with Gasteiger partial charge in [-0.15, -0.1) is 0 Å². The minimum absolute atomic E-state index is 0.202. The Hall–Kier alpha value is -4.49. The SMILES string of the molecule is COC(=O)c1cc(N)c(Nc2ccc(C#N)cc2)cc1Oc1c(C)cc(CCC#N)cc1C. The van der Waals surface area contributed by atoms with Crippen LogP contribution in [0.5, 0.6) is 11.5 Å². The van der Waals surface area contributed by atoms with E-state index < -0.39 is 5.97 Å². The van der Waals surface area contributed by atoms with Crippen LogP contribution < -0.4 is 15.8 Å². The first-order valence-corrected chi connectivity index (χ1v) is 10.3. The van der Waals surface area contributed by atoms with Gasteiger partial charge in [-0.3, -0.25) is 0 Å². The summed E-state index contributed by atoms with van der Waals surface area (Å²) in [6, 6.07) is 18.3. The van der Waals surface area contributed by atoms with Crippen molar-refractivity contribution in [3.63, 3.8) is 0 Å². The molecule has 0 aliphatic rings. The van der Waals surface area contributed by atoms with Gasteiger partial charge in [0.15, 0.2) is 0 Å². The second-order valence-corrected chi connectivity index (χ2v) is 7.56. The summed E-state index contributed by atoms with van der Waals surface area (Å²) in [7, 11) is 1.30. The quantitative estimate of drug-likeness (QED) is 0.365. The fourth-order valence-electron chi connectivity index (χ4n) is 3.50. The van der Waals surface area contributed by atoms with E-state index >= 15 is 0 Å². The molecular formula is C26H24N4O3. The fraction of sp³-hybridized carbons (Fsp3) is 0.192. The molecule has 0 atom stereocenters. The highest BCUT2D eigenvalue weighted by Crippen LogP contribution is 2.37. The third kappa shape index (κ3) is 5.41. The number of nitrogens with two attached hydrogens (primary N) is 1. The Bertz CT molecular complexity index is 1250. The number of rotatable bonds is 7. The number of aryl methyl sites for hydroxylation is 3. The van der Waals surface area contributed by atoms with E-state index in [0.717, 1.165) is 22.4 Å². The molecule has 0 saturated carbocycles. The number of esters is 1. The summed E-state index contributed by atoms with van der Waals surface area (Å²) in [6.45, 7) is 3.84. The molecule has 0 aromatic heterocycles. The molecule has 0 saturated heterocycles. The van der Waals surface area contributed by atoms with E-state index in [1.165, 1.54) is 13.2 Å². The number of methoxy groups -OCH3 is 1. The van der Waals surface area contributed by atoms with E-state index in [4.69, 9.17) is 25.7 Å². The second-order valence-electron chi connectivity index (χ2n) is 7.56. The molecule has 0 bridgehead atoms. The summed E-state index contributed by atoms with van der Waals surface area (Å²) in [5, 5.41) is 21.0. The van der Waals surface area contributed by atoms with Crippen LogP contribution >= 0.6 is 0 Å². The highest BCUT2D eigenvalue weighted by molar-refractivity contribution is 5.96. The molecule has 3 aromatic carbocycles. The molecule has 7 heteroatoms. The average molecular weight is 441 g/mol. The number of benzene rings is 3. The number of nitriles is 2. The van der Waals surface area contributed by atoms with Gasteiger partial charge in [0.1, 0.15) is 17.1 Å². The van der Waals surface area contributed by atoms with Gasteiger partial charge in [-0.2, -0.15) is 10.5 Å². The summed E-state index contributed by atoms with van der Waals surface area (Å²) < 4.78 is 11.1. The zero-order valence-electron chi connectivity index (χ0n) is 18.7. The van der Waals surface area contributed by atoms with Gasteiger partial charge in [0.05, 0.1) is 36.2 Å². The molecule has 0 aliphatic carbocycles. The van der Waals surface area contributed by atoms with E-state index in [-0.39, 0.29) is 5.56 Å². The predicted molar refractivity (Wildman–Crippen MR) is 127 cm³/mol. The molecule has 3 rings (SSSR count). The van der Waals surface area contributed by atoms with Crippen LogP contribution in [0.15, 0.2) is 48.5 Å². The number of nitrogen functional groups attached to an aromatic ring is 1. The van der Waals surface area contributed by atoms with Crippen LogP contribution in [0.4, 0.5) is 17.1 Å². The van der Waals surface area contributed by atoms with Crippen molar-refractivity contribution in [1.29, 1.82) is 10.5 Å². The maximum Gasteiger partial charge on any atom is 0.341 e. The average Bonchev–Trinajstić information content (AvgIpc) is 2.81. The number of hydrogen-bond acceptors (Lipinski definition) is 7. The van der Waals surface area contributed by atoms with E-state index in [1.54, 1.807) is 30.3 Å². The molecule has 0 heterocycles. The van der Waals surface area contributed by atoms with Crippen molar-refractivity contribution >= 4 is 23.0 Å². The maximum atomic E-state index is 12.4.